The molecular formula is C22H25N3O3S2. The molecule has 158 valence electrons. The number of piperazine rings is 1. The standard InChI is InChI=1S/C22H25N3O3S2/c1-27-17-8-9-18(28-2)21-20(17)23-22(30-21)25-12-10-24(11-13-25)19(26)14-15-4-6-16(29-3)7-5-15/h4-9H,10-14H2,1-3H3. The summed E-state index contributed by atoms with van der Waals surface area (Å²) in [6, 6.07) is 12.0. The Morgan fingerprint density at radius 2 is 1.70 bits per heavy atom. The zero-order valence-corrected chi connectivity index (χ0v) is 19.0. The molecule has 1 fully saturated rings. The number of ether oxygens (including phenoxy) is 2. The SMILES string of the molecule is COc1ccc(OC)c2sc(N3CCN(C(=O)Cc4ccc(SC)cc4)CC3)nc12. The Labute approximate surface area is 184 Å². The van der Waals surface area contributed by atoms with Crippen molar-refractivity contribution in [1.29, 1.82) is 0 Å². The highest BCUT2D eigenvalue weighted by molar-refractivity contribution is 7.98. The third-order valence-corrected chi connectivity index (χ3v) is 7.19. The highest BCUT2D eigenvalue weighted by Gasteiger charge is 2.24. The number of thiazole rings is 1. The van der Waals surface area contributed by atoms with Crippen LogP contribution in [0.25, 0.3) is 10.2 Å². The average Bonchev–Trinajstić information content (AvgIpc) is 3.24. The van der Waals surface area contributed by atoms with E-state index in [2.05, 4.69) is 23.3 Å². The van der Waals surface area contributed by atoms with E-state index in [1.54, 1.807) is 37.3 Å². The second-order valence-electron chi connectivity index (χ2n) is 7.04. The first-order chi connectivity index (χ1) is 14.6. The molecule has 30 heavy (non-hydrogen) atoms. The summed E-state index contributed by atoms with van der Waals surface area (Å²) >= 11 is 3.31. The number of thioether (sulfide) groups is 1. The second-order valence-corrected chi connectivity index (χ2v) is 8.89. The quantitative estimate of drug-likeness (QED) is 0.538. The fraction of sp³-hybridized carbons (Fsp3) is 0.364. The molecule has 1 aromatic heterocycles. The van der Waals surface area contributed by atoms with Crippen LogP contribution in [-0.2, 0) is 11.2 Å². The van der Waals surface area contributed by atoms with Gasteiger partial charge in [-0.2, -0.15) is 0 Å². The first-order valence-corrected chi connectivity index (χ1v) is 11.8. The van der Waals surface area contributed by atoms with Crippen molar-refractivity contribution in [2.75, 3.05) is 51.6 Å². The number of methoxy groups -OCH3 is 2. The van der Waals surface area contributed by atoms with Crippen LogP contribution >= 0.6 is 23.1 Å². The Morgan fingerprint density at radius 3 is 2.33 bits per heavy atom. The lowest BCUT2D eigenvalue weighted by atomic mass is 10.1. The fourth-order valence-corrected chi connectivity index (χ4v) is 5.12. The van der Waals surface area contributed by atoms with E-state index < -0.39 is 0 Å². The summed E-state index contributed by atoms with van der Waals surface area (Å²) in [4.78, 5) is 22.9. The van der Waals surface area contributed by atoms with Crippen LogP contribution in [0.3, 0.4) is 0 Å². The number of amides is 1. The molecular weight excluding hydrogens is 418 g/mol. The average molecular weight is 444 g/mol. The molecule has 0 bridgehead atoms. The molecule has 2 aromatic carbocycles. The van der Waals surface area contributed by atoms with Gasteiger partial charge in [-0.05, 0) is 36.1 Å². The monoisotopic (exact) mass is 443 g/mol. The van der Waals surface area contributed by atoms with E-state index in [1.807, 2.05) is 29.2 Å². The van der Waals surface area contributed by atoms with Gasteiger partial charge in [-0.3, -0.25) is 4.79 Å². The van der Waals surface area contributed by atoms with E-state index in [0.717, 1.165) is 45.5 Å². The first-order valence-electron chi connectivity index (χ1n) is 9.80. The molecule has 2 heterocycles. The van der Waals surface area contributed by atoms with Crippen LogP contribution in [0.5, 0.6) is 11.5 Å². The normalized spacial score (nSPS) is 14.2. The van der Waals surface area contributed by atoms with Gasteiger partial charge < -0.3 is 19.3 Å². The number of benzene rings is 2. The number of carbonyl (C=O) groups excluding carboxylic acids is 1. The van der Waals surface area contributed by atoms with Crippen molar-refractivity contribution in [2.45, 2.75) is 11.3 Å². The maximum Gasteiger partial charge on any atom is 0.227 e. The van der Waals surface area contributed by atoms with Gasteiger partial charge in [0.15, 0.2) is 5.13 Å². The summed E-state index contributed by atoms with van der Waals surface area (Å²) in [5.74, 6) is 1.73. The number of fused-ring (bicyclic) bond motifs is 1. The van der Waals surface area contributed by atoms with Crippen molar-refractivity contribution in [3.05, 3.63) is 42.0 Å². The van der Waals surface area contributed by atoms with Gasteiger partial charge in [0.1, 0.15) is 21.7 Å². The number of carbonyl (C=O) groups is 1. The van der Waals surface area contributed by atoms with Crippen LogP contribution in [0.2, 0.25) is 0 Å². The third-order valence-electron chi connectivity index (χ3n) is 5.32. The number of anilines is 1. The van der Waals surface area contributed by atoms with Crippen LogP contribution in [-0.4, -0.2) is 62.4 Å². The number of rotatable bonds is 6. The number of nitrogens with zero attached hydrogens (tertiary/aromatic N) is 3. The van der Waals surface area contributed by atoms with E-state index in [0.29, 0.717) is 19.5 Å². The highest BCUT2D eigenvalue weighted by Crippen LogP contribution is 2.40. The minimum Gasteiger partial charge on any atom is -0.495 e. The zero-order chi connectivity index (χ0) is 21.1. The van der Waals surface area contributed by atoms with Crippen molar-refractivity contribution >= 4 is 44.4 Å². The lowest BCUT2D eigenvalue weighted by molar-refractivity contribution is -0.130. The van der Waals surface area contributed by atoms with E-state index in [1.165, 1.54) is 4.90 Å². The third kappa shape index (κ3) is 4.20. The van der Waals surface area contributed by atoms with E-state index in [-0.39, 0.29) is 5.91 Å². The van der Waals surface area contributed by atoms with Crippen LogP contribution in [0.15, 0.2) is 41.3 Å². The lowest BCUT2D eigenvalue weighted by Crippen LogP contribution is -2.49. The summed E-state index contributed by atoms with van der Waals surface area (Å²) in [6.45, 7) is 2.93. The number of hydrogen-bond donors (Lipinski definition) is 0. The predicted molar refractivity (Wildman–Crippen MR) is 123 cm³/mol. The highest BCUT2D eigenvalue weighted by atomic mass is 32.2. The molecule has 1 aliphatic rings. The van der Waals surface area contributed by atoms with Crippen molar-refractivity contribution < 1.29 is 14.3 Å². The topological polar surface area (TPSA) is 54.9 Å². The molecule has 4 rings (SSSR count). The number of hydrogen-bond acceptors (Lipinski definition) is 7. The lowest BCUT2D eigenvalue weighted by Gasteiger charge is -2.34. The Bertz CT molecular complexity index is 987. The molecule has 1 amide bonds. The van der Waals surface area contributed by atoms with Gasteiger partial charge in [0.05, 0.1) is 20.6 Å². The largest absolute Gasteiger partial charge is 0.495 e. The van der Waals surface area contributed by atoms with Crippen LogP contribution in [0, 0.1) is 0 Å². The Kier molecular flexibility index (Phi) is 6.34. The number of aromatic nitrogens is 1. The van der Waals surface area contributed by atoms with Gasteiger partial charge in [0.25, 0.3) is 0 Å². The minimum atomic E-state index is 0.180. The summed E-state index contributed by atoms with van der Waals surface area (Å²) in [6.07, 6.45) is 2.50. The molecule has 0 radical (unpaired) electrons. The van der Waals surface area contributed by atoms with Crippen LogP contribution < -0.4 is 14.4 Å². The zero-order valence-electron chi connectivity index (χ0n) is 17.4. The van der Waals surface area contributed by atoms with Crippen molar-refractivity contribution in [3.8, 4) is 11.5 Å². The molecule has 0 saturated carbocycles. The van der Waals surface area contributed by atoms with Gasteiger partial charge in [-0.1, -0.05) is 23.5 Å². The summed E-state index contributed by atoms with van der Waals surface area (Å²) in [5, 5.41) is 0.938. The van der Waals surface area contributed by atoms with Gasteiger partial charge in [0.2, 0.25) is 5.91 Å². The van der Waals surface area contributed by atoms with Crippen LogP contribution in [0.4, 0.5) is 5.13 Å². The maximum absolute atomic E-state index is 12.7. The van der Waals surface area contributed by atoms with E-state index >= 15 is 0 Å². The molecule has 0 unspecified atom stereocenters. The van der Waals surface area contributed by atoms with Gasteiger partial charge in [0, 0.05) is 31.1 Å². The van der Waals surface area contributed by atoms with Crippen molar-refractivity contribution in [2.24, 2.45) is 0 Å². The van der Waals surface area contributed by atoms with Crippen LogP contribution in [0.1, 0.15) is 5.56 Å². The predicted octanol–water partition coefficient (Wildman–Crippen LogP) is 3.93. The van der Waals surface area contributed by atoms with Gasteiger partial charge in [-0.15, -0.1) is 11.8 Å². The van der Waals surface area contributed by atoms with Crippen molar-refractivity contribution in [1.82, 2.24) is 9.88 Å². The Balaban J connectivity index is 1.42. The van der Waals surface area contributed by atoms with E-state index in [9.17, 15) is 4.79 Å². The molecule has 8 heteroatoms. The summed E-state index contributed by atoms with van der Waals surface area (Å²) < 4.78 is 11.9. The van der Waals surface area contributed by atoms with Crippen molar-refractivity contribution in [3.63, 3.8) is 0 Å². The molecule has 0 N–H and O–H groups in total. The molecule has 3 aromatic rings. The first kappa shape index (κ1) is 20.8. The Morgan fingerprint density at radius 1 is 1.03 bits per heavy atom. The molecule has 0 aliphatic carbocycles. The molecule has 1 saturated heterocycles. The molecule has 0 atom stereocenters. The molecule has 0 spiro atoms. The Hall–Kier alpha value is -2.45. The minimum absolute atomic E-state index is 0.180. The maximum atomic E-state index is 12.7. The van der Waals surface area contributed by atoms with Gasteiger partial charge in [-0.25, -0.2) is 4.98 Å². The summed E-state index contributed by atoms with van der Waals surface area (Å²) in [5.41, 5.74) is 1.88. The molecule has 6 nitrogen and oxygen atoms in total. The van der Waals surface area contributed by atoms with Gasteiger partial charge >= 0.3 is 0 Å². The molecule has 1 aliphatic heterocycles. The summed E-state index contributed by atoms with van der Waals surface area (Å²) in [7, 11) is 3.32. The fourth-order valence-electron chi connectivity index (χ4n) is 3.59. The smallest absolute Gasteiger partial charge is 0.227 e. The van der Waals surface area contributed by atoms with E-state index in [4.69, 9.17) is 14.5 Å². The second kappa shape index (κ2) is 9.14.